The Morgan fingerprint density at radius 1 is 1.26 bits per heavy atom. The van der Waals surface area contributed by atoms with Gasteiger partial charge in [0, 0.05) is 12.6 Å². The van der Waals surface area contributed by atoms with Crippen LogP contribution in [-0.2, 0) is 0 Å². The number of hydrogen-bond donors (Lipinski definition) is 2. The fourth-order valence-electron chi connectivity index (χ4n) is 3.43. The van der Waals surface area contributed by atoms with Crippen LogP contribution in [0.25, 0.3) is 0 Å². The van der Waals surface area contributed by atoms with Crippen LogP contribution in [-0.4, -0.2) is 22.6 Å². The van der Waals surface area contributed by atoms with Gasteiger partial charge in [0.1, 0.15) is 22.4 Å². The van der Waals surface area contributed by atoms with Crippen molar-refractivity contribution in [1.82, 2.24) is 9.97 Å². The maximum Gasteiger partial charge on any atom is 0.146 e. The SMILES string of the molecule is CCCNc1ncnc(NC2CC3CCC2C3)c1Br. The van der Waals surface area contributed by atoms with E-state index in [1.807, 2.05) is 0 Å². The normalized spacial score (nSPS) is 28.6. The Labute approximate surface area is 122 Å². The maximum absolute atomic E-state index is 4.38. The molecule has 19 heavy (non-hydrogen) atoms. The first-order valence-corrected chi connectivity index (χ1v) is 8.08. The molecular formula is C14H21BrN4. The van der Waals surface area contributed by atoms with Crippen molar-refractivity contribution < 1.29 is 0 Å². The lowest BCUT2D eigenvalue weighted by Crippen LogP contribution is -2.26. The predicted octanol–water partition coefficient (Wildman–Crippen LogP) is 3.66. The molecule has 2 bridgehead atoms. The average molecular weight is 325 g/mol. The van der Waals surface area contributed by atoms with Gasteiger partial charge in [-0.2, -0.15) is 0 Å². The topological polar surface area (TPSA) is 49.8 Å². The van der Waals surface area contributed by atoms with E-state index in [0.717, 1.165) is 40.9 Å². The van der Waals surface area contributed by atoms with Crippen LogP contribution < -0.4 is 10.6 Å². The zero-order valence-corrected chi connectivity index (χ0v) is 12.9. The zero-order valence-electron chi connectivity index (χ0n) is 11.3. The van der Waals surface area contributed by atoms with Crippen LogP contribution in [0.1, 0.15) is 39.0 Å². The Morgan fingerprint density at radius 3 is 2.79 bits per heavy atom. The van der Waals surface area contributed by atoms with E-state index in [1.165, 1.54) is 25.7 Å². The number of rotatable bonds is 5. The fraction of sp³-hybridized carbons (Fsp3) is 0.714. The van der Waals surface area contributed by atoms with Gasteiger partial charge in [0.15, 0.2) is 0 Å². The van der Waals surface area contributed by atoms with Crippen LogP contribution in [0.5, 0.6) is 0 Å². The summed E-state index contributed by atoms with van der Waals surface area (Å²) in [5.41, 5.74) is 0. The molecule has 1 heterocycles. The van der Waals surface area contributed by atoms with E-state index in [0.29, 0.717) is 6.04 Å². The van der Waals surface area contributed by atoms with E-state index in [-0.39, 0.29) is 0 Å². The van der Waals surface area contributed by atoms with E-state index in [9.17, 15) is 0 Å². The van der Waals surface area contributed by atoms with Crippen molar-refractivity contribution >= 4 is 27.6 Å². The van der Waals surface area contributed by atoms with Crippen molar-refractivity contribution in [3.63, 3.8) is 0 Å². The molecule has 0 aromatic carbocycles. The average Bonchev–Trinajstić information content (AvgIpc) is 3.02. The lowest BCUT2D eigenvalue weighted by atomic mass is 9.95. The van der Waals surface area contributed by atoms with Crippen molar-refractivity contribution in [3.05, 3.63) is 10.8 Å². The summed E-state index contributed by atoms with van der Waals surface area (Å²) in [6.45, 7) is 3.08. The van der Waals surface area contributed by atoms with Crippen LogP contribution >= 0.6 is 15.9 Å². The highest BCUT2D eigenvalue weighted by molar-refractivity contribution is 9.10. The van der Waals surface area contributed by atoms with Gasteiger partial charge >= 0.3 is 0 Å². The molecule has 0 amide bonds. The van der Waals surface area contributed by atoms with Gasteiger partial charge in [-0.1, -0.05) is 13.3 Å². The second kappa shape index (κ2) is 5.65. The molecule has 104 valence electrons. The number of aromatic nitrogens is 2. The van der Waals surface area contributed by atoms with E-state index < -0.39 is 0 Å². The summed E-state index contributed by atoms with van der Waals surface area (Å²) in [5.74, 6) is 3.62. The molecule has 2 N–H and O–H groups in total. The smallest absolute Gasteiger partial charge is 0.146 e. The van der Waals surface area contributed by atoms with Crippen LogP contribution in [0.2, 0.25) is 0 Å². The minimum atomic E-state index is 0.601. The first kappa shape index (κ1) is 13.2. The molecule has 4 nitrogen and oxygen atoms in total. The van der Waals surface area contributed by atoms with Crippen molar-refractivity contribution in [2.24, 2.45) is 11.8 Å². The standard InChI is InChI=1S/C14H21BrN4/c1-2-5-16-13-12(15)14(18-8-17-13)19-11-7-9-3-4-10(11)6-9/h8-11H,2-7H2,1H3,(H2,16,17,18,19). The van der Waals surface area contributed by atoms with Crippen LogP contribution in [0.15, 0.2) is 10.8 Å². The largest absolute Gasteiger partial charge is 0.369 e. The number of anilines is 2. The van der Waals surface area contributed by atoms with E-state index in [2.05, 4.69) is 43.5 Å². The summed E-state index contributed by atoms with van der Waals surface area (Å²) in [6.07, 6.45) is 8.24. The number of halogens is 1. The van der Waals surface area contributed by atoms with Crippen LogP contribution in [0, 0.1) is 11.8 Å². The lowest BCUT2D eigenvalue weighted by molar-refractivity contribution is 0.439. The predicted molar refractivity (Wildman–Crippen MR) is 81.4 cm³/mol. The van der Waals surface area contributed by atoms with Gasteiger partial charge in [0.05, 0.1) is 0 Å². The molecule has 1 aromatic rings. The van der Waals surface area contributed by atoms with Gasteiger partial charge in [-0.3, -0.25) is 0 Å². The number of nitrogens with zero attached hydrogens (tertiary/aromatic N) is 2. The lowest BCUT2D eigenvalue weighted by Gasteiger charge is -2.24. The molecule has 0 aliphatic heterocycles. The summed E-state index contributed by atoms with van der Waals surface area (Å²) in [4.78, 5) is 8.67. The van der Waals surface area contributed by atoms with Gasteiger partial charge in [-0.15, -0.1) is 0 Å². The molecule has 3 rings (SSSR count). The minimum absolute atomic E-state index is 0.601. The second-order valence-corrected chi connectivity index (χ2v) is 6.53. The molecular weight excluding hydrogens is 304 g/mol. The summed E-state index contributed by atoms with van der Waals surface area (Å²) >= 11 is 3.62. The van der Waals surface area contributed by atoms with Crippen LogP contribution in [0.4, 0.5) is 11.6 Å². The van der Waals surface area contributed by atoms with E-state index in [4.69, 9.17) is 0 Å². The van der Waals surface area contributed by atoms with Crippen molar-refractivity contribution in [1.29, 1.82) is 0 Å². The monoisotopic (exact) mass is 324 g/mol. The van der Waals surface area contributed by atoms with Crippen LogP contribution in [0.3, 0.4) is 0 Å². The third-order valence-electron chi connectivity index (χ3n) is 4.39. The third-order valence-corrected chi connectivity index (χ3v) is 5.14. The van der Waals surface area contributed by atoms with E-state index in [1.54, 1.807) is 6.33 Å². The Morgan fingerprint density at radius 2 is 2.11 bits per heavy atom. The zero-order chi connectivity index (χ0) is 13.2. The summed E-state index contributed by atoms with van der Waals surface area (Å²) in [6, 6.07) is 0.601. The molecule has 3 unspecified atom stereocenters. The molecule has 5 heteroatoms. The Balaban J connectivity index is 1.70. The highest BCUT2D eigenvalue weighted by Gasteiger charge is 2.39. The quantitative estimate of drug-likeness (QED) is 0.867. The number of hydrogen-bond acceptors (Lipinski definition) is 4. The van der Waals surface area contributed by atoms with Gasteiger partial charge in [0.25, 0.3) is 0 Å². The first-order valence-electron chi connectivity index (χ1n) is 7.28. The van der Waals surface area contributed by atoms with Gasteiger partial charge in [0.2, 0.25) is 0 Å². The van der Waals surface area contributed by atoms with Crippen molar-refractivity contribution in [2.45, 2.75) is 45.1 Å². The second-order valence-electron chi connectivity index (χ2n) is 5.74. The fourth-order valence-corrected chi connectivity index (χ4v) is 3.89. The summed E-state index contributed by atoms with van der Waals surface area (Å²) < 4.78 is 0.964. The van der Waals surface area contributed by atoms with Gasteiger partial charge < -0.3 is 10.6 Å². The molecule has 0 radical (unpaired) electrons. The number of fused-ring (bicyclic) bond motifs is 2. The van der Waals surface area contributed by atoms with Crippen molar-refractivity contribution in [2.75, 3.05) is 17.2 Å². The molecule has 3 atom stereocenters. The Bertz CT molecular complexity index is 451. The van der Waals surface area contributed by atoms with Crippen molar-refractivity contribution in [3.8, 4) is 0 Å². The highest BCUT2D eigenvalue weighted by atomic mass is 79.9. The highest BCUT2D eigenvalue weighted by Crippen LogP contribution is 2.46. The Kier molecular flexibility index (Phi) is 3.91. The molecule has 2 aliphatic rings. The summed E-state index contributed by atoms with van der Waals surface area (Å²) in [5, 5.41) is 6.94. The molecule has 0 spiro atoms. The molecule has 2 aliphatic carbocycles. The van der Waals surface area contributed by atoms with Gasteiger partial charge in [-0.25, -0.2) is 9.97 Å². The summed E-state index contributed by atoms with van der Waals surface area (Å²) in [7, 11) is 0. The molecule has 1 aromatic heterocycles. The minimum Gasteiger partial charge on any atom is -0.369 e. The van der Waals surface area contributed by atoms with E-state index >= 15 is 0 Å². The maximum atomic E-state index is 4.38. The van der Waals surface area contributed by atoms with Gasteiger partial charge in [-0.05, 0) is 53.4 Å². The molecule has 2 fully saturated rings. The third kappa shape index (κ3) is 2.71. The Hall–Kier alpha value is -0.840. The number of nitrogens with one attached hydrogen (secondary N) is 2. The first-order chi connectivity index (χ1) is 9.28. The molecule has 2 saturated carbocycles. The molecule has 0 saturated heterocycles.